The van der Waals surface area contributed by atoms with E-state index in [1.54, 1.807) is 0 Å². The van der Waals surface area contributed by atoms with Gasteiger partial charge in [0.25, 0.3) is 0 Å². The summed E-state index contributed by atoms with van der Waals surface area (Å²) >= 11 is 0. The number of nitrogens with zero attached hydrogens (tertiary/aromatic N) is 4. The van der Waals surface area contributed by atoms with Crippen LogP contribution in [-0.2, 0) is 0 Å². The number of para-hydroxylation sites is 3. The number of fused-ring (bicyclic) bond motifs is 16. The van der Waals surface area contributed by atoms with Crippen molar-refractivity contribution in [2.45, 2.75) is 0 Å². The van der Waals surface area contributed by atoms with Gasteiger partial charge in [-0.2, -0.15) is 0 Å². The van der Waals surface area contributed by atoms with Crippen LogP contribution in [-0.4, -0.2) is 19.1 Å². The van der Waals surface area contributed by atoms with Crippen LogP contribution in [0.4, 0.5) is 0 Å². The summed E-state index contributed by atoms with van der Waals surface area (Å²) in [4.78, 5) is 10.8. The number of aromatic nitrogens is 4. The molecule has 4 nitrogen and oxygen atoms in total. The normalized spacial score (nSPS) is 12.1. The van der Waals surface area contributed by atoms with Crippen molar-refractivity contribution in [3.63, 3.8) is 0 Å². The molecule has 0 aliphatic rings. The summed E-state index contributed by atoms with van der Waals surface area (Å²) in [6.45, 7) is 0. The highest BCUT2D eigenvalue weighted by Crippen LogP contribution is 2.48. The van der Waals surface area contributed by atoms with Gasteiger partial charge in [-0.3, -0.25) is 4.57 Å². The first kappa shape index (κ1) is 35.0. The average molecular weight is 813 g/mol. The van der Waals surface area contributed by atoms with Crippen molar-refractivity contribution in [1.82, 2.24) is 19.1 Å². The summed E-state index contributed by atoms with van der Waals surface area (Å²) in [5.74, 6) is 0.657. The van der Waals surface area contributed by atoms with Crippen molar-refractivity contribution in [3.8, 4) is 34.0 Å². The Balaban J connectivity index is 1.10. The Morgan fingerprint density at radius 1 is 0.312 bits per heavy atom. The zero-order chi connectivity index (χ0) is 41.9. The van der Waals surface area contributed by atoms with Gasteiger partial charge in [0.15, 0.2) is 0 Å². The molecule has 0 aliphatic heterocycles. The second-order valence-electron chi connectivity index (χ2n) is 16.9. The molecule has 296 valence electrons. The van der Waals surface area contributed by atoms with E-state index in [9.17, 15) is 0 Å². The predicted octanol–water partition coefficient (Wildman–Crippen LogP) is 15.8. The second-order valence-corrected chi connectivity index (χ2v) is 16.9. The summed E-state index contributed by atoms with van der Waals surface area (Å²) in [5, 5.41) is 15.7. The highest BCUT2D eigenvalue weighted by Gasteiger charge is 2.24. The molecule has 0 atom stereocenters. The average Bonchev–Trinajstić information content (AvgIpc) is 3.90. The Morgan fingerprint density at radius 3 is 1.77 bits per heavy atom. The van der Waals surface area contributed by atoms with Crippen molar-refractivity contribution < 1.29 is 0 Å². The van der Waals surface area contributed by atoms with Crippen LogP contribution in [0.3, 0.4) is 0 Å². The van der Waals surface area contributed by atoms with Gasteiger partial charge in [0.1, 0.15) is 0 Å². The first-order valence-electron chi connectivity index (χ1n) is 21.9. The van der Waals surface area contributed by atoms with Crippen molar-refractivity contribution in [1.29, 1.82) is 0 Å². The van der Waals surface area contributed by atoms with Crippen molar-refractivity contribution in [2.24, 2.45) is 0 Å². The molecule has 14 rings (SSSR count). The maximum Gasteiger partial charge on any atom is 0.235 e. The van der Waals surface area contributed by atoms with Crippen molar-refractivity contribution in [2.75, 3.05) is 0 Å². The molecule has 4 heteroatoms. The van der Waals surface area contributed by atoms with Crippen LogP contribution in [0.2, 0.25) is 0 Å². The van der Waals surface area contributed by atoms with E-state index in [1.165, 1.54) is 81.4 Å². The van der Waals surface area contributed by atoms with Crippen LogP contribution in [0.5, 0.6) is 0 Å². The monoisotopic (exact) mass is 812 g/mol. The lowest BCUT2D eigenvalue weighted by Gasteiger charge is -2.16. The van der Waals surface area contributed by atoms with E-state index in [0.717, 1.165) is 44.3 Å². The Kier molecular flexibility index (Phi) is 7.36. The van der Waals surface area contributed by atoms with Crippen LogP contribution in [0, 0.1) is 0 Å². The van der Waals surface area contributed by atoms with E-state index >= 15 is 0 Å². The molecule has 0 saturated heterocycles. The minimum atomic E-state index is 0.657. The number of benzene rings is 11. The van der Waals surface area contributed by atoms with Crippen LogP contribution in [0.15, 0.2) is 218 Å². The first-order chi connectivity index (χ1) is 31.8. The van der Waals surface area contributed by atoms with Crippen molar-refractivity contribution in [3.05, 3.63) is 218 Å². The van der Waals surface area contributed by atoms with Crippen LogP contribution >= 0.6 is 0 Å². The summed E-state index contributed by atoms with van der Waals surface area (Å²) in [5.41, 5.74) is 11.0. The molecule has 0 unspecified atom stereocenters. The smallest absolute Gasteiger partial charge is 0.235 e. The zero-order valence-electron chi connectivity index (χ0n) is 34.6. The number of rotatable bonds is 4. The lowest BCUT2D eigenvalue weighted by Crippen LogP contribution is -2.03. The maximum atomic E-state index is 5.45. The van der Waals surface area contributed by atoms with E-state index in [1.807, 2.05) is 0 Å². The van der Waals surface area contributed by atoms with E-state index in [0.29, 0.717) is 5.95 Å². The molecule has 0 radical (unpaired) electrons. The molecule has 3 aromatic heterocycles. The molecular weight excluding hydrogens is 777 g/mol. The van der Waals surface area contributed by atoms with Crippen LogP contribution in [0.25, 0.3) is 132 Å². The molecule has 0 N–H and O–H groups in total. The maximum absolute atomic E-state index is 5.45. The van der Waals surface area contributed by atoms with Gasteiger partial charge in [0.2, 0.25) is 5.95 Å². The third-order valence-corrected chi connectivity index (χ3v) is 13.5. The third-order valence-electron chi connectivity index (χ3n) is 13.5. The zero-order valence-corrected chi connectivity index (χ0v) is 34.6. The minimum Gasteiger partial charge on any atom is -0.309 e. The first-order valence-corrected chi connectivity index (χ1v) is 21.9. The van der Waals surface area contributed by atoms with Gasteiger partial charge in [-0.15, -0.1) is 0 Å². The van der Waals surface area contributed by atoms with E-state index < -0.39 is 0 Å². The fraction of sp³-hybridized carbons (Fsp3) is 0. The largest absolute Gasteiger partial charge is 0.309 e. The Bertz CT molecular complexity index is 4240. The molecule has 14 aromatic rings. The van der Waals surface area contributed by atoms with E-state index in [2.05, 4.69) is 228 Å². The fourth-order valence-corrected chi connectivity index (χ4v) is 10.8. The van der Waals surface area contributed by atoms with Gasteiger partial charge < -0.3 is 4.57 Å². The summed E-state index contributed by atoms with van der Waals surface area (Å²) in [6, 6.07) is 79.1. The molecule has 64 heavy (non-hydrogen) atoms. The molecule has 0 saturated carbocycles. The summed E-state index contributed by atoms with van der Waals surface area (Å²) < 4.78 is 4.73. The Hall–Kier alpha value is -8.60. The van der Waals surface area contributed by atoms with Gasteiger partial charge in [-0.25, -0.2) is 9.97 Å². The summed E-state index contributed by atoms with van der Waals surface area (Å²) in [7, 11) is 0. The highest BCUT2D eigenvalue weighted by molar-refractivity contribution is 6.38. The van der Waals surface area contributed by atoms with E-state index in [-0.39, 0.29) is 0 Å². The predicted molar refractivity (Wildman–Crippen MR) is 269 cm³/mol. The summed E-state index contributed by atoms with van der Waals surface area (Å²) in [6.07, 6.45) is 0. The van der Waals surface area contributed by atoms with Crippen LogP contribution in [0.1, 0.15) is 0 Å². The molecular formula is C60H36N4. The third kappa shape index (κ3) is 4.93. The van der Waals surface area contributed by atoms with Crippen molar-refractivity contribution >= 4 is 97.6 Å². The SMILES string of the molecule is c1ccc(-c2nc(-n3c4ccccc4c4c5c6ccccc6c(-c6ccc7c(c6)c6c8ccccc8ccc6n7-c6ccccc6)cc5c5ccccc5c43)nc3ccccc23)cc1. The molecule has 0 spiro atoms. The standard InChI is InChI=1S/C60H36N4/c1-3-18-38(19-4-1)58-46-27-13-15-29-51(46)61-60(62-58)64-52-30-16-14-28-47(52)57-56-44-25-11-9-23-42(44)48(36-49(56)43-24-10-12-26-45(43)59(57)64)39-32-33-53-50(35-39)55-41-22-8-7-17-37(41)31-34-54(55)63(53)40-20-5-2-6-21-40/h1-36H. The molecule has 0 aliphatic carbocycles. The number of hydrogen-bond donors (Lipinski definition) is 0. The minimum absolute atomic E-state index is 0.657. The van der Waals surface area contributed by atoms with Gasteiger partial charge in [-0.1, -0.05) is 170 Å². The quantitative estimate of drug-likeness (QED) is 0.166. The second kappa shape index (κ2) is 13.4. The van der Waals surface area contributed by atoms with Gasteiger partial charge in [0, 0.05) is 49.0 Å². The van der Waals surface area contributed by atoms with Gasteiger partial charge in [0.05, 0.1) is 33.3 Å². The van der Waals surface area contributed by atoms with E-state index in [4.69, 9.17) is 9.97 Å². The lowest BCUT2D eigenvalue weighted by atomic mass is 9.88. The van der Waals surface area contributed by atoms with Gasteiger partial charge >= 0.3 is 0 Å². The van der Waals surface area contributed by atoms with Crippen LogP contribution < -0.4 is 0 Å². The fourth-order valence-electron chi connectivity index (χ4n) is 10.8. The Labute approximate surface area is 367 Å². The molecule has 3 heterocycles. The molecule has 0 amide bonds. The molecule has 0 bridgehead atoms. The molecule has 11 aromatic carbocycles. The lowest BCUT2D eigenvalue weighted by molar-refractivity contribution is 1.02. The molecule has 0 fully saturated rings. The Morgan fingerprint density at radius 2 is 0.938 bits per heavy atom. The number of hydrogen-bond acceptors (Lipinski definition) is 2. The van der Waals surface area contributed by atoms with Gasteiger partial charge in [-0.05, 0) is 92.0 Å². The highest BCUT2D eigenvalue weighted by atomic mass is 15.2. The topological polar surface area (TPSA) is 35.6 Å².